The highest BCUT2D eigenvalue weighted by molar-refractivity contribution is 7.33. The van der Waals surface area contributed by atoms with Crippen LogP contribution >= 0.6 is 34.0 Å². The number of aromatic nitrogens is 3. The predicted octanol–water partition coefficient (Wildman–Crippen LogP) is 3.98. The molecule has 2 rings (SSSR count). The summed E-state index contributed by atoms with van der Waals surface area (Å²) in [5.74, 6) is 0.263. The van der Waals surface area contributed by atoms with Gasteiger partial charge in [-0.2, -0.15) is 0 Å². The molecule has 4 nitrogen and oxygen atoms in total. The van der Waals surface area contributed by atoms with Crippen molar-refractivity contribution in [3.8, 4) is 10.6 Å². The topological polar surface area (TPSA) is 56.7 Å². The predicted molar refractivity (Wildman–Crippen MR) is 72.0 cm³/mol. The monoisotopic (exact) mass is 292 g/mol. The Morgan fingerprint density at radius 3 is 2.71 bits per heavy atom. The lowest BCUT2D eigenvalue weighted by Gasteiger charge is -2.03. The number of hydrogen-bond donors (Lipinski definition) is 3. The summed E-state index contributed by atoms with van der Waals surface area (Å²) in [6.45, 7) is 3.84. The van der Waals surface area contributed by atoms with Crippen LogP contribution in [0, 0.1) is 13.8 Å². The number of halogens is 2. The molecule has 0 amide bonds. The molecule has 0 bridgehead atoms. The lowest BCUT2D eigenvalue weighted by Crippen LogP contribution is -1.96. The first-order valence-corrected chi connectivity index (χ1v) is 6.87. The van der Waals surface area contributed by atoms with Crippen molar-refractivity contribution in [1.29, 1.82) is 0 Å². The number of aromatic hydroxyl groups is 1. The highest BCUT2D eigenvalue weighted by Gasteiger charge is 2.18. The number of rotatable bonds is 1. The Hall–Kier alpha value is -1.04. The molecular formula is C10H12Cl2N3OS+. The van der Waals surface area contributed by atoms with Gasteiger partial charge in [-0.05, 0) is 25.0 Å². The average molecular weight is 293 g/mol. The zero-order valence-electron chi connectivity index (χ0n) is 9.29. The van der Waals surface area contributed by atoms with E-state index < -0.39 is 10.7 Å². The molecule has 1 atom stereocenters. The molecule has 2 aromatic rings. The van der Waals surface area contributed by atoms with Crippen LogP contribution in [0.15, 0.2) is 17.5 Å². The molecule has 0 spiro atoms. The largest absolute Gasteiger partial charge is 0.503 e. The van der Waals surface area contributed by atoms with E-state index in [1.165, 1.54) is 0 Å². The van der Waals surface area contributed by atoms with E-state index in [1.54, 1.807) is 5.38 Å². The number of aryl methyl sites for hydroxylation is 2. The summed E-state index contributed by atoms with van der Waals surface area (Å²) in [7, 11) is -0.563. The number of phenolic OH excluding ortho intramolecular Hbond substituents is 1. The lowest BCUT2D eigenvalue weighted by molar-refractivity contribution is 0.474. The van der Waals surface area contributed by atoms with Crippen LogP contribution in [0.3, 0.4) is 0 Å². The molecule has 0 aliphatic rings. The molecule has 0 aliphatic heterocycles. The SMILES string of the molecule is Cc1cc(C)c(O)c(-[s+]2cc(Cl)[nH]n(Cl)[nH]2)c1. The second kappa shape index (κ2) is 4.68. The molecule has 0 aliphatic carbocycles. The second-order valence-electron chi connectivity index (χ2n) is 3.72. The Morgan fingerprint density at radius 2 is 2.06 bits per heavy atom. The number of hydrogen-bond acceptors (Lipinski definition) is 1. The van der Waals surface area contributed by atoms with Crippen LogP contribution in [0.5, 0.6) is 5.75 Å². The van der Waals surface area contributed by atoms with E-state index in [4.69, 9.17) is 23.4 Å². The van der Waals surface area contributed by atoms with Gasteiger partial charge in [0.2, 0.25) is 10.3 Å². The summed E-state index contributed by atoms with van der Waals surface area (Å²) >= 11 is 11.7. The second-order valence-corrected chi connectivity index (χ2v) is 5.99. The third-order valence-electron chi connectivity index (χ3n) is 2.25. The maximum absolute atomic E-state index is 10.1. The van der Waals surface area contributed by atoms with Crippen molar-refractivity contribution in [1.82, 2.24) is 13.9 Å². The highest BCUT2D eigenvalue weighted by Crippen LogP contribution is 2.38. The minimum absolute atomic E-state index is 0.263. The van der Waals surface area contributed by atoms with E-state index in [0.29, 0.717) is 5.15 Å². The maximum atomic E-state index is 10.1. The molecule has 0 saturated carbocycles. The average Bonchev–Trinajstić information content (AvgIpc) is 2.22. The van der Waals surface area contributed by atoms with Crippen LogP contribution in [-0.2, 0) is 0 Å². The van der Waals surface area contributed by atoms with E-state index in [2.05, 4.69) is 9.59 Å². The molecule has 92 valence electrons. The zero-order chi connectivity index (χ0) is 12.6. The lowest BCUT2D eigenvalue weighted by atomic mass is 10.1. The molecule has 0 radical (unpaired) electrons. The Morgan fingerprint density at radius 1 is 1.35 bits per heavy atom. The Bertz CT molecular complexity index is 572. The number of phenols is 1. The van der Waals surface area contributed by atoms with Gasteiger partial charge in [-0.15, -0.1) is 0 Å². The van der Waals surface area contributed by atoms with Gasteiger partial charge in [-0.3, -0.25) is 5.10 Å². The Labute approximate surface area is 111 Å². The number of nitrogens with zero attached hydrogens (tertiary/aromatic N) is 1. The molecule has 0 saturated heterocycles. The normalized spacial score (nSPS) is 11.6. The number of nitrogens with one attached hydrogen (secondary N) is 2. The van der Waals surface area contributed by atoms with E-state index in [1.807, 2.05) is 26.0 Å². The van der Waals surface area contributed by atoms with Gasteiger partial charge in [-0.1, -0.05) is 26.5 Å². The van der Waals surface area contributed by atoms with Crippen molar-refractivity contribution < 1.29 is 5.11 Å². The number of benzene rings is 1. The van der Waals surface area contributed by atoms with Crippen molar-refractivity contribution >= 4 is 34.0 Å². The van der Waals surface area contributed by atoms with Crippen LogP contribution in [0.25, 0.3) is 4.90 Å². The first kappa shape index (κ1) is 12.4. The van der Waals surface area contributed by atoms with Gasteiger partial charge in [0, 0.05) is 6.07 Å². The molecule has 0 fully saturated rings. The summed E-state index contributed by atoms with van der Waals surface area (Å²) in [6.07, 6.45) is 0. The maximum Gasteiger partial charge on any atom is 0.244 e. The summed E-state index contributed by atoms with van der Waals surface area (Å²) in [5.41, 5.74) is 1.91. The summed E-state index contributed by atoms with van der Waals surface area (Å²) in [4.78, 5) is 0.771. The molecular weight excluding hydrogens is 281 g/mol. The minimum atomic E-state index is -0.563. The Kier molecular flexibility index (Phi) is 3.42. The smallest absolute Gasteiger partial charge is 0.244 e. The van der Waals surface area contributed by atoms with Gasteiger partial charge in [-0.25, -0.2) is 0 Å². The van der Waals surface area contributed by atoms with Gasteiger partial charge in [0.05, 0.1) is 11.8 Å². The van der Waals surface area contributed by atoms with Crippen LogP contribution in [0.4, 0.5) is 0 Å². The third kappa shape index (κ3) is 2.62. The zero-order valence-corrected chi connectivity index (χ0v) is 11.6. The molecule has 1 unspecified atom stereocenters. The fourth-order valence-corrected chi connectivity index (χ4v) is 3.71. The van der Waals surface area contributed by atoms with Crippen LogP contribution < -0.4 is 0 Å². The van der Waals surface area contributed by atoms with Gasteiger partial charge >= 0.3 is 0 Å². The number of aromatic amines is 2. The molecule has 3 N–H and O–H groups in total. The van der Waals surface area contributed by atoms with E-state index >= 15 is 0 Å². The van der Waals surface area contributed by atoms with Gasteiger partial charge in [0.15, 0.2) is 10.9 Å². The molecule has 1 aromatic carbocycles. The first-order valence-electron chi connectivity index (χ1n) is 4.87. The van der Waals surface area contributed by atoms with E-state index in [9.17, 15) is 5.11 Å². The van der Waals surface area contributed by atoms with Crippen LogP contribution in [0.2, 0.25) is 5.15 Å². The summed E-state index contributed by atoms with van der Waals surface area (Å²) in [5, 5.41) is 14.9. The standard InChI is InChI=1S/C10H11Cl2N3OS/c1-6-3-7(2)10(16)8(4-6)17-5-9(11)13-15(12)14-17/h3-5,13-14H,1-2H3/p+1. The summed E-state index contributed by atoms with van der Waals surface area (Å²) < 4.78 is 4.11. The molecule has 7 heteroatoms. The fraction of sp³-hybridized carbons (Fsp3) is 0.200. The molecule has 1 heterocycles. The van der Waals surface area contributed by atoms with E-state index in [0.717, 1.165) is 20.3 Å². The number of H-pyrrole nitrogens is 2. The Balaban J connectivity index is 2.67. The van der Waals surface area contributed by atoms with Crippen molar-refractivity contribution in [3.63, 3.8) is 0 Å². The minimum Gasteiger partial charge on any atom is -0.503 e. The van der Waals surface area contributed by atoms with E-state index in [-0.39, 0.29) is 5.75 Å². The van der Waals surface area contributed by atoms with Crippen molar-refractivity contribution in [2.45, 2.75) is 13.8 Å². The van der Waals surface area contributed by atoms with Crippen molar-refractivity contribution in [2.75, 3.05) is 0 Å². The fourth-order valence-electron chi connectivity index (χ4n) is 1.56. The quantitative estimate of drug-likeness (QED) is 0.684. The molecule has 1 aromatic heterocycles. The van der Waals surface area contributed by atoms with Crippen molar-refractivity contribution in [2.24, 2.45) is 0 Å². The summed E-state index contributed by atoms with van der Waals surface area (Å²) in [6, 6.07) is 3.84. The third-order valence-corrected chi connectivity index (χ3v) is 4.48. The molecule has 17 heavy (non-hydrogen) atoms. The van der Waals surface area contributed by atoms with Gasteiger partial charge in [0.1, 0.15) is 10.7 Å². The van der Waals surface area contributed by atoms with Gasteiger partial charge in [0.25, 0.3) is 0 Å². The van der Waals surface area contributed by atoms with Crippen molar-refractivity contribution in [3.05, 3.63) is 33.8 Å². The highest BCUT2D eigenvalue weighted by atomic mass is 35.5. The van der Waals surface area contributed by atoms with Crippen LogP contribution in [-0.4, -0.2) is 19.0 Å². The van der Waals surface area contributed by atoms with Crippen LogP contribution in [0.1, 0.15) is 11.1 Å². The first-order chi connectivity index (χ1) is 7.97. The van der Waals surface area contributed by atoms with Gasteiger partial charge < -0.3 is 5.11 Å².